The van der Waals surface area contributed by atoms with Crippen molar-refractivity contribution in [2.24, 2.45) is 4.99 Å². The zero-order valence-corrected chi connectivity index (χ0v) is 19.9. The molecule has 2 aliphatic rings. The number of amides is 1. The van der Waals surface area contributed by atoms with E-state index < -0.39 is 0 Å². The van der Waals surface area contributed by atoms with Gasteiger partial charge in [0.2, 0.25) is 0 Å². The molecule has 1 amide bonds. The number of carbonyl (C=O) groups excluding carboxylic acids is 1. The number of amidine groups is 1. The quantitative estimate of drug-likeness (QED) is 0.539. The predicted molar refractivity (Wildman–Crippen MR) is 132 cm³/mol. The smallest absolute Gasteiger partial charge is 0.286 e. The van der Waals surface area contributed by atoms with Gasteiger partial charge in [-0.1, -0.05) is 58.4 Å². The topological polar surface area (TPSA) is 50.2 Å². The Balaban J connectivity index is 1.20. The molecular formula is C25H23BrN3O2S+. The van der Waals surface area contributed by atoms with Gasteiger partial charge in [0.05, 0.1) is 31.1 Å². The lowest BCUT2D eigenvalue weighted by Gasteiger charge is -2.32. The summed E-state index contributed by atoms with van der Waals surface area (Å²) < 4.78 is 6.97. The van der Waals surface area contributed by atoms with E-state index in [1.807, 2.05) is 36.4 Å². The van der Waals surface area contributed by atoms with Gasteiger partial charge in [-0.3, -0.25) is 4.79 Å². The van der Waals surface area contributed by atoms with Gasteiger partial charge in [-0.2, -0.15) is 4.99 Å². The van der Waals surface area contributed by atoms with Crippen LogP contribution in [0.1, 0.15) is 11.3 Å². The summed E-state index contributed by atoms with van der Waals surface area (Å²) in [6.07, 6.45) is 1.79. The molecular weight excluding hydrogens is 486 g/mol. The molecule has 0 aliphatic carbocycles. The van der Waals surface area contributed by atoms with Crippen molar-refractivity contribution in [3.8, 4) is 11.3 Å². The molecule has 0 atom stereocenters. The zero-order valence-electron chi connectivity index (χ0n) is 17.5. The summed E-state index contributed by atoms with van der Waals surface area (Å²) in [6, 6.07) is 22.4. The Bertz CT molecular complexity index is 1160. The van der Waals surface area contributed by atoms with Gasteiger partial charge in [0, 0.05) is 21.7 Å². The molecule has 2 aromatic carbocycles. The van der Waals surface area contributed by atoms with E-state index in [0.717, 1.165) is 53.7 Å². The van der Waals surface area contributed by atoms with Crippen LogP contribution in [0, 0.1) is 0 Å². The van der Waals surface area contributed by atoms with Crippen LogP contribution in [0.25, 0.3) is 17.4 Å². The fraction of sp³-hybridized carbons (Fsp3) is 0.200. The number of rotatable bonds is 4. The number of aliphatic imine (C=N–C) groups is 1. The average Bonchev–Trinajstić information content (AvgIpc) is 3.43. The van der Waals surface area contributed by atoms with Gasteiger partial charge in [-0.25, -0.2) is 0 Å². The summed E-state index contributed by atoms with van der Waals surface area (Å²) in [4.78, 5) is 21.2. The van der Waals surface area contributed by atoms with E-state index in [-0.39, 0.29) is 5.91 Å². The highest BCUT2D eigenvalue weighted by Crippen LogP contribution is 2.32. The predicted octanol–water partition coefficient (Wildman–Crippen LogP) is 4.08. The molecule has 5 rings (SSSR count). The summed E-state index contributed by atoms with van der Waals surface area (Å²) in [5.41, 5.74) is 2.36. The molecule has 162 valence electrons. The molecule has 1 N–H and O–H groups in total. The largest absolute Gasteiger partial charge is 0.457 e. The van der Waals surface area contributed by atoms with Crippen molar-refractivity contribution in [2.75, 3.05) is 26.2 Å². The number of thioether (sulfide) groups is 1. The number of hydrogen-bond acceptors (Lipinski definition) is 4. The molecule has 0 unspecified atom stereocenters. The van der Waals surface area contributed by atoms with Gasteiger partial charge < -0.3 is 14.2 Å². The van der Waals surface area contributed by atoms with E-state index in [9.17, 15) is 4.79 Å². The van der Waals surface area contributed by atoms with Crippen LogP contribution in [0.2, 0.25) is 0 Å². The molecule has 0 saturated carbocycles. The maximum absolute atomic E-state index is 12.5. The van der Waals surface area contributed by atoms with Gasteiger partial charge in [0.25, 0.3) is 5.91 Å². The van der Waals surface area contributed by atoms with E-state index in [1.54, 1.807) is 11.0 Å². The third-order valence-corrected chi connectivity index (χ3v) is 7.25. The van der Waals surface area contributed by atoms with Crippen LogP contribution >= 0.6 is 27.7 Å². The molecule has 1 saturated heterocycles. The Kier molecular flexibility index (Phi) is 6.30. The monoisotopic (exact) mass is 508 g/mol. The molecule has 1 fully saturated rings. The first-order valence-electron chi connectivity index (χ1n) is 10.6. The third-order valence-electron chi connectivity index (χ3n) is 5.68. The van der Waals surface area contributed by atoms with Crippen LogP contribution in [-0.2, 0) is 11.3 Å². The van der Waals surface area contributed by atoms with Gasteiger partial charge in [-0.15, -0.1) is 0 Å². The molecule has 3 heterocycles. The normalized spacial score (nSPS) is 18.4. The molecule has 32 heavy (non-hydrogen) atoms. The second-order valence-corrected chi connectivity index (χ2v) is 9.84. The zero-order chi connectivity index (χ0) is 21.9. The van der Waals surface area contributed by atoms with Crippen molar-refractivity contribution >= 4 is 44.8 Å². The number of hydrogen-bond donors (Lipinski definition) is 1. The van der Waals surface area contributed by atoms with Gasteiger partial charge in [0.1, 0.15) is 18.1 Å². The number of carbonyl (C=O) groups is 1. The maximum atomic E-state index is 12.5. The molecule has 0 spiro atoms. The van der Waals surface area contributed by atoms with Gasteiger partial charge >= 0.3 is 0 Å². The number of furan rings is 1. The SMILES string of the molecule is O=C1N=C(N2CC[NH+](Cc3ccccc3)CC2)S/C1=C/c1ccc(-c2ccc(Br)cc2)o1. The van der Waals surface area contributed by atoms with E-state index in [4.69, 9.17) is 4.42 Å². The lowest BCUT2D eigenvalue weighted by molar-refractivity contribution is -0.917. The van der Waals surface area contributed by atoms with E-state index >= 15 is 0 Å². The minimum atomic E-state index is -0.189. The maximum Gasteiger partial charge on any atom is 0.286 e. The van der Waals surface area contributed by atoms with E-state index in [2.05, 4.69) is 56.2 Å². The van der Waals surface area contributed by atoms with Crippen LogP contribution in [-0.4, -0.2) is 42.2 Å². The molecule has 5 nitrogen and oxygen atoms in total. The Labute approximate surface area is 199 Å². The van der Waals surface area contributed by atoms with E-state index in [1.165, 1.54) is 17.3 Å². The minimum Gasteiger partial charge on any atom is -0.457 e. The number of halogens is 1. The lowest BCUT2D eigenvalue weighted by atomic mass is 10.2. The van der Waals surface area contributed by atoms with Gasteiger partial charge in [0.15, 0.2) is 5.17 Å². The van der Waals surface area contributed by atoms with Crippen LogP contribution < -0.4 is 4.90 Å². The first-order chi connectivity index (χ1) is 15.6. The highest BCUT2D eigenvalue weighted by molar-refractivity contribution is 9.10. The lowest BCUT2D eigenvalue weighted by Crippen LogP contribution is -3.13. The molecule has 0 radical (unpaired) electrons. The summed E-state index contributed by atoms with van der Waals surface area (Å²) in [5.74, 6) is 1.25. The molecule has 7 heteroatoms. The molecule has 3 aromatic rings. The van der Waals surface area contributed by atoms with Crippen molar-refractivity contribution < 1.29 is 14.1 Å². The fourth-order valence-electron chi connectivity index (χ4n) is 3.94. The van der Waals surface area contributed by atoms with Crippen LogP contribution in [0.4, 0.5) is 0 Å². The van der Waals surface area contributed by atoms with Crippen LogP contribution in [0.15, 0.2) is 85.5 Å². The summed E-state index contributed by atoms with van der Waals surface area (Å²) in [7, 11) is 0. The third kappa shape index (κ3) is 4.90. The van der Waals surface area contributed by atoms with Gasteiger partial charge in [-0.05, 0) is 36.0 Å². The van der Waals surface area contributed by atoms with Crippen molar-refractivity contribution in [3.63, 3.8) is 0 Å². The fourth-order valence-corrected chi connectivity index (χ4v) is 5.15. The Morgan fingerprint density at radius 3 is 2.53 bits per heavy atom. The van der Waals surface area contributed by atoms with Crippen molar-refractivity contribution in [3.05, 3.63) is 87.4 Å². The summed E-state index contributed by atoms with van der Waals surface area (Å²) >= 11 is 4.89. The van der Waals surface area contributed by atoms with Crippen LogP contribution in [0.3, 0.4) is 0 Å². The second-order valence-electron chi connectivity index (χ2n) is 7.92. The summed E-state index contributed by atoms with van der Waals surface area (Å²) in [6.45, 7) is 4.93. The number of piperazine rings is 1. The number of quaternary nitrogens is 1. The molecule has 0 bridgehead atoms. The highest BCUT2D eigenvalue weighted by Gasteiger charge is 2.30. The molecule has 1 aromatic heterocycles. The Hall–Kier alpha value is -2.61. The number of nitrogens with one attached hydrogen (secondary N) is 1. The number of benzene rings is 2. The average molecular weight is 509 g/mol. The van der Waals surface area contributed by atoms with Crippen molar-refractivity contribution in [2.45, 2.75) is 6.54 Å². The molecule has 2 aliphatic heterocycles. The second kappa shape index (κ2) is 9.48. The van der Waals surface area contributed by atoms with Crippen molar-refractivity contribution in [1.29, 1.82) is 0 Å². The Morgan fingerprint density at radius 1 is 1.03 bits per heavy atom. The summed E-state index contributed by atoms with van der Waals surface area (Å²) in [5, 5.41) is 0.805. The van der Waals surface area contributed by atoms with E-state index in [0.29, 0.717) is 10.7 Å². The minimum absolute atomic E-state index is 0.189. The highest BCUT2D eigenvalue weighted by atomic mass is 79.9. The Morgan fingerprint density at radius 2 is 1.78 bits per heavy atom. The van der Waals surface area contributed by atoms with Crippen LogP contribution in [0.5, 0.6) is 0 Å². The van der Waals surface area contributed by atoms with Crippen molar-refractivity contribution in [1.82, 2.24) is 4.90 Å². The first kappa shape index (κ1) is 21.2. The first-order valence-corrected chi connectivity index (χ1v) is 12.3. The standard InChI is InChI=1S/C25H22BrN3O2S/c26-20-8-6-19(7-9-20)22-11-10-21(31-22)16-23-24(30)27-25(32-23)29-14-12-28(13-15-29)17-18-4-2-1-3-5-18/h1-11,16H,12-15,17H2/p+1/b23-16+. The number of nitrogens with zero attached hydrogens (tertiary/aromatic N) is 2.